The van der Waals surface area contributed by atoms with Gasteiger partial charge in [-0.2, -0.15) is 0 Å². The van der Waals surface area contributed by atoms with Crippen LogP contribution in [0.15, 0.2) is 11.6 Å². The molecule has 3 rings (SSSR count). The van der Waals surface area contributed by atoms with Crippen molar-refractivity contribution in [3.05, 3.63) is 11.6 Å². The maximum Gasteiger partial charge on any atom is 0.303 e. The van der Waals surface area contributed by atoms with Crippen molar-refractivity contribution < 1.29 is 23.8 Å². The Hall–Kier alpha value is -1.20. The molecule has 2 saturated heterocycles. The average molecular weight is 224 g/mol. The van der Waals surface area contributed by atoms with Gasteiger partial charge in [-0.1, -0.05) is 0 Å². The van der Waals surface area contributed by atoms with Gasteiger partial charge in [0, 0.05) is 12.8 Å². The van der Waals surface area contributed by atoms with Gasteiger partial charge in [0.25, 0.3) is 0 Å². The third kappa shape index (κ3) is 1.32. The molecule has 5 nitrogen and oxygen atoms in total. The first-order valence-corrected chi connectivity index (χ1v) is 5.31. The Morgan fingerprint density at radius 1 is 1.44 bits per heavy atom. The first-order chi connectivity index (χ1) is 7.66. The number of allylic oxidation sites excluding steroid dienone is 1. The summed E-state index contributed by atoms with van der Waals surface area (Å²) in [5.74, 6) is -0.708. The Morgan fingerprint density at radius 3 is 3.00 bits per heavy atom. The van der Waals surface area contributed by atoms with Gasteiger partial charge in [0.1, 0.15) is 6.10 Å². The summed E-state index contributed by atoms with van der Waals surface area (Å²) < 4.78 is 16.0. The Morgan fingerprint density at radius 2 is 2.25 bits per heavy atom. The number of ketones is 1. The Bertz CT molecular complexity index is 386. The number of hydrogen-bond donors (Lipinski definition) is 0. The van der Waals surface area contributed by atoms with Crippen LogP contribution in [0.2, 0.25) is 0 Å². The van der Waals surface area contributed by atoms with Gasteiger partial charge in [-0.15, -0.1) is 0 Å². The van der Waals surface area contributed by atoms with Gasteiger partial charge >= 0.3 is 5.97 Å². The Balaban J connectivity index is 1.87. The number of carbonyl (C=O) groups excluding carboxylic acids is 2. The highest BCUT2D eigenvalue weighted by Gasteiger charge is 2.53. The van der Waals surface area contributed by atoms with Crippen LogP contribution in [0, 0.1) is 11.8 Å². The first kappa shape index (κ1) is 9.99. The molecule has 2 fully saturated rings. The molecule has 16 heavy (non-hydrogen) atoms. The van der Waals surface area contributed by atoms with Gasteiger partial charge in [-0.3, -0.25) is 9.59 Å². The van der Waals surface area contributed by atoms with E-state index in [0.29, 0.717) is 6.61 Å². The fourth-order valence-corrected chi connectivity index (χ4v) is 2.73. The lowest BCUT2D eigenvalue weighted by Gasteiger charge is -2.34. The fraction of sp³-hybridized carbons (Fsp3) is 0.636. The lowest BCUT2D eigenvalue weighted by Crippen LogP contribution is -2.46. The monoisotopic (exact) mass is 224 g/mol. The number of carbonyl (C=O) groups is 2. The largest absolute Gasteiger partial charge is 0.459 e. The summed E-state index contributed by atoms with van der Waals surface area (Å²) in [4.78, 5) is 22.8. The minimum atomic E-state index is -0.471. The second kappa shape index (κ2) is 3.40. The smallest absolute Gasteiger partial charge is 0.303 e. The molecule has 0 spiro atoms. The van der Waals surface area contributed by atoms with E-state index in [0.717, 1.165) is 5.57 Å². The van der Waals surface area contributed by atoms with E-state index in [1.807, 2.05) is 0 Å². The van der Waals surface area contributed by atoms with E-state index in [2.05, 4.69) is 0 Å². The normalized spacial score (nSPS) is 40.6. The molecule has 1 aliphatic carbocycles. The summed E-state index contributed by atoms with van der Waals surface area (Å²) in [6, 6.07) is 0. The summed E-state index contributed by atoms with van der Waals surface area (Å²) in [6.45, 7) is 2.02. The van der Waals surface area contributed by atoms with Crippen molar-refractivity contribution >= 4 is 11.8 Å². The fourth-order valence-electron chi connectivity index (χ4n) is 2.73. The third-order valence-electron chi connectivity index (χ3n) is 3.32. The van der Waals surface area contributed by atoms with Gasteiger partial charge in [-0.05, 0) is 11.6 Å². The van der Waals surface area contributed by atoms with Gasteiger partial charge in [0.15, 0.2) is 12.1 Å². The van der Waals surface area contributed by atoms with E-state index < -0.39 is 6.10 Å². The summed E-state index contributed by atoms with van der Waals surface area (Å²) in [6.07, 6.45) is 0.803. The average Bonchev–Trinajstić information content (AvgIpc) is 2.73. The molecular weight excluding hydrogens is 212 g/mol. The molecular formula is C11H12O5. The molecule has 0 unspecified atom stereocenters. The highest BCUT2D eigenvalue weighted by atomic mass is 16.7. The topological polar surface area (TPSA) is 61.8 Å². The highest BCUT2D eigenvalue weighted by Crippen LogP contribution is 2.44. The molecule has 3 aliphatic rings. The maximum atomic E-state index is 11.8. The van der Waals surface area contributed by atoms with E-state index in [4.69, 9.17) is 14.2 Å². The summed E-state index contributed by atoms with van der Waals surface area (Å²) in [5, 5.41) is 0. The van der Waals surface area contributed by atoms with Crippen LogP contribution in [0.5, 0.6) is 0 Å². The highest BCUT2D eigenvalue weighted by molar-refractivity contribution is 5.96. The molecule has 5 heteroatoms. The summed E-state index contributed by atoms with van der Waals surface area (Å²) >= 11 is 0. The van der Waals surface area contributed by atoms with Crippen LogP contribution in [0.4, 0.5) is 0 Å². The van der Waals surface area contributed by atoms with Crippen LogP contribution < -0.4 is 0 Å². The molecule has 0 aromatic heterocycles. The minimum Gasteiger partial charge on any atom is -0.459 e. The van der Waals surface area contributed by atoms with Gasteiger partial charge < -0.3 is 14.2 Å². The molecule has 0 aromatic rings. The van der Waals surface area contributed by atoms with E-state index in [-0.39, 0.29) is 36.5 Å². The number of hydrogen-bond acceptors (Lipinski definition) is 5. The molecule has 0 bridgehead atoms. The molecule has 4 atom stereocenters. The zero-order valence-corrected chi connectivity index (χ0v) is 8.84. The van der Waals surface area contributed by atoms with E-state index in [9.17, 15) is 9.59 Å². The van der Waals surface area contributed by atoms with Gasteiger partial charge in [0.05, 0.1) is 19.1 Å². The third-order valence-corrected chi connectivity index (χ3v) is 3.32. The molecule has 0 N–H and O–H groups in total. The van der Waals surface area contributed by atoms with Crippen LogP contribution in [0.3, 0.4) is 0 Å². The molecule has 2 aliphatic heterocycles. The minimum absolute atomic E-state index is 0.0304. The maximum absolute atomic E-state index is 11.8. The summed E-state index contributed by atoms with van der Waals surface area (Å²) in [7, 11) is 0. The van der Waals surface area contributed by atoms with E-state index in [1.54, 1.807) is 6.08 Å². The predicted octanol–water partition coefficient (Wildman–Crippen LogP) is 0.0461. The van der Waals surface area contributed by atoms with Gasteiger partial charge in [0.2, 0.25) is 0 Å². The van der Waals surface area contributed by atoms with Crippen molar-refractivity contribution in [2.75, 3.05) is 13.2 Å². The van der Waals surface area contributed by atoms with Crippen molar-refractivity contribution in [3.8, 4) is 0 Å². The second-order valence-corrected chi connectivity index (χ2v) is 4.33. The van der Waals surface area contributed by atoms with Crippen LogP contribution in [-0.4, -0.2) is 37.4 Å². The van der Waals surface area contributed by atoms with Crippen molar-refractivity contribution in [3.63, 3.8) is 0 Å². The van der Waals surface area contributed by atoms with Crippen LogP contribution >= 0.6 is 0 Å². The van der Waals surface area contributed by atoms with Crippen LogP contribution in [-0.2, 0) is 23.8 Å². The lowest BCUT2D eigenvalue weighted by atomic mass is 9.85. The van der Waals surface area contributed by atoms with Crippen molar-refractivity contribution in [1.29, 1.82) is 0 Å². The zero-order chi connectivity index (χ0) is 11.3. The zero-order valence-electron chi connectivity index (χ0n) is 8.84. The Labute approximate surface area is 92.3 Å². The van der Waals surface area contributed by atoms with Crippen molar-refractivity contribution in [2.24, 2.45) is 11.8 Å². The SMILES string of the molecule is CC(=O)O[C@H]1CO[C@H]2OCC3=CC(=O)[C@@H]1[C@H]32. The quantitative estimate of drug-likeness (QED) is 0.589. The van der Waals surface area contributed by atoms with Crippen LogP contribution in [0.1, 0.15) is 6.92 Å². The van der Waals surface area contributed by atoms with Crippen LogP contribution in [0.25, 0.3) is 0 Å². The van der Waals surface area contributed by atoms with E-state index in [1.165, 1.54) is 6.92 Å². The number of rotatable bonds is 1. The standard InChI is InChI=1S/C11H12O5/c1-5(12)16-8-4-15-11-9-6(3-14-11)2-7(13)10(8)9/h2,8-11H,3-4H2,1H3/t8-,9-,10-,11+/m0/s1. The molecule has 0 amide bonds. The van der Waals surface area contributed by atoms with Gasteiger partial charge in [-0.25, -0.2) is 0 Å². The lowest BCUT2D eigenvalue weighted by molar-refractivity contribution is -0.208. The second-order valence-electron chi connectivity index (χ2n) is 4.33. The van der Waals surface area contributed by atoms with Crippen molar-refractivity contribution in [2.45, 2.75) is 19.3 Å². The molecule has 0 aromatic carbocycles. The molecule has 0 radical (unpaired) electrons. The Kier molecular flexibility index (Phi) is 2.12. The molecule has 0 saturated carbocycles. The molecule has 86 valence electrons. The molecule has 2 heterocycles. The first-order valence-electron chi connectivity index (χ1n) is 5.31. The number of esters is 1. The van der Waals surface area contributed by atoms with E-state index >= 15 is 0 Å². The predicted molar refractivity (Wildman–Crippen MR) is 51.3 cm³/mol. The summed E-state index contributed by atoms with van der Waals surface area (Å²) in [5.41, 5.74) is 0.969. The number of ether oxygens (including phenoxy) is 3. The van der Waals surface area contributed by atoms with Crippen molar-refractivity contribution in [1.82, 2.24) is 0 Å².